The number of para-hydroxylation sites is 1. The number of nitrogens with one attached hydrogen (secondary N) is 1. The number of benzene rings is 2. The van der Waals surface area contributed by atoms with Crippen LogP contribution in [0.5, 0.6) is 11.5 Å². The zero-order chi connectivity index (χ0) is 17.6. The molecule has 2 aromatic carbocycles. The van der Waals surface area contributed by atoms with Gasteiger partial charge in [0.25, 0.3) is 0 Å². The first-order chi connectivity index (χ1) is 12.3. The van der Waals surface area contributed by atoms with Gasteiger partial charge in [-0.15, -0.1) is 0 Å². The van der Waals surface area contributed by atoms with Crippen LogP contribution in [-0.4, -0.2) is 45.3 Å². The van der Waals surface area contributed by atoms with Crippen molar-refractivity contribution in [3.63, 3.8) is 0 Å². The van der Waals surface area contributed by atoms with Crippen molar-refractivity contribution < 1.29 is 9.47 Å². The maximum atomic E-state index is 5.76. The average Bonchev–Trinajstić information content (AvgIpc) is 2.92. The van der Waals surface area contributed by atoms with E-state index < -0.39 is 0 Å². The zero-order valence-corrected chi connectivity index (χ0v) is 15.4. The molecule has 0 aromatic heterocycles. The fourth-order valence-electron chi connectivity index (χ4n) is 3.71. The molecule has 1 aliphatic heterocycles. The molecule has 4 nitrogen and oxygen atoms in total. The molecule has 0 amide bonds. The van der Waals surface area contributed by atoms with Gasteiger partial charge in [-0.1, -0.05) is 36.4 Å². The lowest BCUT2D eigenvalue weighted by Crippen LogP contribution is -2.33. The third-order valence-corrected chi connectivity index (χ3v) is 4.95. The molecular weight excluding hydrogens is 312 g/mol. The molecule has 0 bridgehead atoms. The first kappa shape index (κ1) is 17.8. The number of aryl methyl sites for hydroxylation is 1. The number of nitrogens with zero attached hydrogens (tertiary/aromatic N) is 1. The second kappa shape index (κ2) is 8.37. The van der Waals surface area contributed by atoms with Crippen LogP contribution in [0.4, 0.5) is 0 Å². The summed E-state index contributed by atoms with van der Waals surface area (Å²) in [5, 5.41) is 3.50. The lowest BCUT2D eigenvalue weighted by atomic mass is 9.92. The summed E-state index contributed by atoms with van der Waals surface area (Å²) < 4.78 is 11.3. The SMILES string of the molecule is COc1cccc(C(c2ccccc2C)N2CCCNCC2)c1OC. The standard InChI is InChI=1S/C21H28N2O2/c1-16-8-4-5-9-17(16)20(23-14-7-12-22-13-15-23)18-10-6-11-19(24-2)21(18)25-3/h4-6,8-11,20,22H,7,12-15H2,1-3H3. The van der Waals surface area contributed by atoms with Gasteiger partial charge in [-0.3, -0.25) is 4.90 Å². The predicted molar refractivity (Wildman–Crippen MR) is 102 cm³/mol. The molecule has 1 saturated heterocycles. The summed E-state index contributed by atoms with van der Waals surface area (Å²) in [7, 11) is 3.42. The van der Waals surface area contributed by atoms with E-state index in [1.165, 1.54) is 11.1 Å². The Morgan fingerprint density at radius 1 is 0.920 bits per heavy atom. The maximum Gasteiger partial charge on any atom is 0.165 e. The summed E-state index contributed by atoms with van der Waals surface area (Å²) in [6.07, 6.45) is 1.15. The van der Waals surface area contributed by atoms with Gasteiger partial charge in [-0.25, -0.2) is 0 Å². The summed E-state index contributed by atoms with van der Waals surface area (Å²) in [5.74, 6) is 1.61. The van der Waals surface area contributed by atoms with E-state index >= 15 is 0 Å². The summed E-state index contributed by atoms with van der Waals surface area (Å²) in [5.41, 5.74) is 3.79. The van der Waals surface area contributed by atoms with E-state index in [1.807, 2.05) is 6.07 Å². The number of rotatable bonds is 5. The van der Waals surface area contributed by atoms with E-state index in [9.17, 15) is 0 Å². The molecule has 1 unspecified atom stereocenters. The van der Waals surface area contributed by atoms with Crippen LogP contribution >= 0.6 is 0 Å². The number of methoxy groups -OCH3 is 2. The highest BCUT2D eigenvalue weighted by atomic mass is 16.5. The van der Waals surface area contributed by atoms with Crippen LogP contribution in [0, 0.1) is 6.92 Å². The number of hydrogen-bond acceptors (Lipinski definition) is 4. The van der Waals surface area contributed by atoms with Gasteiger partial charge in [0.05, 0.1) is 20.3 Å². The second-order valence-electron chi connectivity index (χ2n) is 6.48. The second-order valence-corrected chi connectivity index (χ2v) is 6.48. The molecule has 134 valence electrons. The quantitative estimate of drug-likeness (QED) is 0.904. The molecule has 3 rings (SSSR count). The minimum Gasteiger partial charge on any atom is -0.493 e. The molecule has 1 aliphatic rings. The largest absolute Gasteiger partial charge is 0.493 e. The van der Waals surface area contributed by atoms with Crippen LogP contribution < -0.4 is 14.8 Å². The van der Waals surface area contributed by atoms with Crippen molar-refractivity contribution >= 4 is 0 Å². The molecule has 0 aliphatic carbocycles. The molecule has 1 fully saturated rings. The fourth-order valence-corrected chi connectivity index (χ4v) is 3.71. The third-order valence-electron chi connectivity index (χ3n) is 4.95. The average molecular weight is 340 g/mol. The molecule has 4 heteroatoms. The van der Waals surface area contributed by atoms with Gasteiger partial charge >= 0.3 is 0 Å². The van der Waals surface area contributed by atoms with Crippen LogP contribution in [0.3, 0.4) is 0 Å². The molecule has 2 aromatic rings. The lowest BCUT2D eigenvalue weighted by molar-refractivity contribution is 0.234. The molecule has 1 atom stereocenters. The van der Waals surface area contributed by atoms with E-state index in [4.69, 9.17) is 9.47 Å². The van der Waals surface area contributed by atoms with E-state index in [0.29, 0.717) is 0 Å². The van der Waals surface area contributed by atoms with Gasteiger partial charge < -0.3 is 14.8 Å². The Kier molecular flexibility index (Phi) is 5.95. The van der Waals surface area contributed by atoms with Crippen LogP contribution in [0.1, 0.15) is 29.2 Å². The smallest absolute Gasteiger partial charge is 0.165 e. The van der Waals surface area contributed by atoms with Gasteiger partial charge in [-0.05, 0) is 37.1 Å². The number of hydrogen-bond donors (Lipinski definition) is 1. The molecule has 0 radical (unpaired) electrons. The molecule has 1 heterocycles. The van der Waals surface area contributed by atoms with Gasteiger partial charge in [0.1, 0.15) is 0 Å². The Balaban J connectivity index is 2.13. The normalized spacial score (nSPS) is 16.9. The van der Waals surface area contributed by atoms with Crippen molar-refractivity contribution in [1.29, 1.82) is 0 Å². The number of ether oxygens (including phenoxy) is 2. The molecule has 0 saturated carbocycles. The minimum atomic E-state index is 0.158. The Morgan fingerprint density at radius 3 is 2.48 bits per heavy atom. The molecule has 1 N–H and O–H groups in total. The summed E-state index contributed by atoms with van der Waals surface area (Å²) in [6.45, 7) is 6.34. The maximum absolute atomic E-state index is 5.76. The van der Waals surface area contributed by atoms with Gasteiger partial charge in [0.2, 0.25) is 0 Å². The topological polar surface area (TPSA) is 33.7 Å². The monoisotopic (exact) mass is 340 g/mol. The summed E-state index contributed by atoms with van der Waals surface area (Å²) >= 11 is 0. The van der Waals surface area contributed by atoms with Crippen molar-refractivity contribution in [1.82, 2.24) is 10.2 Å². The first-order valence-corrected chi connectivity index (χ1v) is 8.97. The third kappa shape index (κ3) is 3.80. The van der Waals surface area contributed by atoms with Crippen molar-refractivity contribution in [2.24, 2.45) is 0 Å². The van der Waals surface area contributed by atoms with Gasteiger partial charge in [-0.2, -0.15) is 0 Å². The van der Waals surface area contributed by atoms with Crippen LogP contribution in [-0.2, 0) is 0 Å². The lowest BCUT2D eigenvalue weighted by Gasteiger charge is -2.33. The Morgan fingerprint density at radius 2 is 1.72 bits per heavy atom. The van der Waals surface area contributed by atoms with Crippen LogP contribution in [0.15, 0.2) is 42.5 Å². The summed E-state index contributed by atoms with van der Waals surface area (Å²) in [6, 6.07) is 15.0. The molecular formula is C21H28N2O2. The van der Waals surface area contributed by atoms with Crippen LogP contribution in [0.25, 0.3) is 0 Å². The highest BCUT2D eigenvalue weighted by molar-refractivity contribution is 5.51. The van der Waals surface area contributed by atoms with Gasteiger partial charge in [0, 0.05) is 25.2 Å². The van der Waals surface area contributed by atoms with Crippen LogP contribution in [0.2, 0.25) is 0 Å². The van der Waals surface area contributed by atoms with Crippen molar-refractivity contribution in [3.8, 4) is 11.5 Å². The molecule has 0 spiro atoms. The van der Waals surface area contributed by atoms with Crippen molar-refractivity contribution in [3.05, 3.63) is 59.2 Å². The van der Waals surface area contributed by atoms with E-state index in [-0.39, 0.29) is 6.04 Å². The Hall–Kier alpha value is -2.04. The highest BCUT2D eigenvalue weighted by Gasteiger charge is 2.28. The zero-order valence-electron chi connectivity index (χ0n) is 15.4. The fraction of sp³-hybridized carbons (Fsp3) is 0.429. The van der Waals surface area contributed by atoms with Crippen molar-refractivity contribution in [2.75, 3.05) is 40.4 Å². The Labute approximate surface area is 150 Å². The van der Waals surface area contributed by atoms with E-state index in [1.54, 1.807) is 14.2 Å². The highest BCUT2D eigenvalue weighted by Crippen LogP contribution is 2.41. The summed E-state index contributed by atoms with van der Waals surface area (Å²) in [4.78, 5) is 2.56. The molecule has 25 heavy (non-hydrogen) atoms. The van der Waals surface area contributed by atoms with E-state index in [2.05, 4.69) is 53.5 Å². The Bertz CT molecular complexity index is 694. The van der Waals surface area contributed by atoms with E-state index in [0.717, 1.165) is 49.7 Å². The van der Waals surface area contributed by atoms with Gasteiger partial charge in [0.15, 0.2) is 11.5 Å². The van der Waals surface area contributed by atoms with Crippen molar-refractivity contribution in [2.45, 2.75) is 19.4 Å². The first-order valence-electron chi connectivity index (χ1n) is 8.97. The predicted octanol–water partition coefficient (Wildman–Crippen LogP) is 3.40. The minimum absolute atomic E-state index is 0.158.